The van der Waals surface area contributed by atoms with Gasteiger partial charge in [-0.3, -0.25) is 4.57 Å². The number of benzene rings is 1. The van der Waals surface area contributed by atoms with Crippen LogP contribution in [0.5, 0.6) is 6.01 Å². The van der Waals surface area contributed by atoms with Gasteiger partial charge in [-0.15, -0.1) is 0 Å². The number of carbonyl (C=O) groups is 1. The minimum atomic E-state index is -0.504. The zero-order valence-electron chi connectivity index (χ0n) is 22.4. The fraction of sp³-hybridized carbons (Fsp3) is 0.704. The van der Waals surface area contributed by atoms with Crippen molar-refractivity contribution in [1.82, 2.24) is 14.5 Å². The average Bonchev–Trinajstić information content (AvgIpc) is 3.20. The maximum atomic E-state index is 12.5. The SMILES string of the molecule is CCC(CC)COc1nc2cc(Cl)c(N3CCN(C(=O)OC(C)(C)C)CC3)cc2n1C1CCCCO1. The monoisotopic (exact) mass is 520 g/mol. The van der Waals surface area contributed by atoms with E-state index >= 15 is 0 Å². The second-order valence-electron chi connectivity index (χ2n) is 10.8. The van der Waals surface area contributed by atoms with Crippen molar-refractivity contribution in [2.75, 3.05) is 44.3 Å². The Bertz CT molecular complexity index is 1030. The summed E-state index contributed by atoms with van der Waals surface area (Å²) >= 11 is 6.77. The number of piperazine rings is 1. The van der Waals surface area contributed by atoms with Gasteiger partial charge in [0.25, 0.3) is 6.01 Å². The first-order chi connectivity index (χ1) is 17.2. The van der Waals surface area contributed by atoms with E-state index in [1.807, 2.05) is 26.8 Å². The highest BCUT2D eigenvalue weighted by Crippen LogP contribution is 2.37. The van der Waals surface area contributed by atoms with Gasteiger partial charge < -0.3 is 24.0 Å². The normalized spacial score (nSPS) is 19.2. The lowest BCUT2D eigenvalue weighted by atomic mass is 10.1. The predicted molar refractivity (Wildman–Crippen MR) is 143 cm³/mol. The van der Waals surface area contributed by atoms with E-state index < -0.39 is 5.60 Å². The van der Waals surface area contributed by atoms with Crippen LogP contribution in [0.2, 0.25) is 5.02 Å². The van der Waals surface area contributed by atoms with Gasteiger partial charge in [-0.2, -0.15) is 4.98 Å². The van der Waals surface area contributed by atoms with Gasteiger partial charge in [-0.25, -0.2) is 4.79 Å². The molecule has 3 heterocycles. The summed E-state index contributed by atoms with van der Waals surface area (Å²) in [4.78, 5) is 21.3. The number of carbonyl (C=O) groups excluding carboxylic acids is 1. The highest BCUT2D eigenvalue weighted by atomic mass is 35.5. The van der Waals surface area contributed by atoms with Crippen LogP contribution in [0.4, 0.5) is 10.5 Å². The Kier molecular flexibility index (Phi) is 8.56. The second-order valence-corrected chi connectivity index (χ2v) is 11.2. The van der Waals surface area contributed by atoms with Crippen molar-refractivity contribution in [3.8, 4) is 6.01 Å². The third-order valence-corrected chi connectivity index (χ3v) is 7.35. The minimum Gasteiger partial charge on any atom is -0.464 e. The van der Waals surface area contributed by atoms with Crippen molar-refractivity contribution in [1.29, 1.82) is 0 Å². The Hall–Kier alpha value is -2.19. The van der Waals surface area contributed by atoms with Gasteiger partial charge in [0.2, 0.25) is 0 Å². The van der Waals surface area contributed by atoms with E-state index in [1.54, 1.807) is 4.90 Å². The number of halogens is 1. The van der Waals surface area contributed by atoms with Gasteiger partial charge in [-0.05, 0) is 58.1 Å². The van der Waals surface area contributed by atoms with Crippen LogP contribution in [-0.2, 0) is 9.47 Å². The van der Waals surface area contributed by atoms with Gasteiger partial charge >= 0.3 is 6.09 Å². The van der Waals surface area contributed by atoms with Crippen molar-refractivity contribution < 1.29 is 19.0 Å². The second kappa shape index (κ2) is 11.5. The predicted octanol–water partition coefficient (Wildman–Crippen LogP) is 6.26. The number of fused-ring (bicyclic) bond motifs is 1. The van der Waals surface area contributed by atoms with Crippen LogP contribution in [0.1, 0.15) is 73.0 Å². The molecule has 0 radical (unpaired) electrons. The van der Waals surface area contributed by atoms with Crippen molar-refractivity contribution >= 4 is 34.4 Å². The van der Waals surface area contributed by atoms with Crippen molar-refractivity contribution in [2.45, 2.75) is 78.6 Å². The zero-order valence-corrected chi connectivity index (χ0v) is 23.1. The summed E-state index contributed by atoms with van der Waals surface area (Å²) in [5, 5.41) is 0.647. The summed E-state index contributed by atoms with van der Waals surface area (Å²) in [6.07, 6.45) is 4.90. The number of aromatic nitrogens is 2. The molecule has 36 heavy (non-hydrogen) atoms. The first-order valence-corrected chi connectivity index (χ1v) is 13.8. The summed E-state index contributed by atoms with van der Waals surface area (Å²) < 4.78 is 20.1. The van der Waals surface area contributed by atoms with E-state index in [0.29, 0.717) is 49.7 Å². The third-order valence-electron chi connectivity index (χ3n) is 7.04. The molecule has 1 atom stereocenters. The Balaban J connectivity index is 1.59. The summed E-state index contributed by atoms with van der Waals surface area (Å²) in [5.41, 5.74) is 2.22. The highest BCUT2D eigenvalue weighted by molar-refractivity contribution is 6.34. The number of hydrogen-bond acceptors (Lipinski definition) is 6. The smallest absolute Gasteiger partial charge is 0.410 e. The lowest BCUT2D eigenvalue weighted by Crippen LogP contribution is -2.50. The van der Waals surface area contributed by atoms with Gasteiger partial charge in [0, 0.05) is 32.8 Å². The molecule has 2 fully saturated rings. The number of nitrogens with zero attached hydrogens (tertiary/aromatic N) is 4. The molecular formula is C27H41ClN4O4. The van der Waals surface area contributed by atoms with E-state index in [2.05, 4.69) is 29.4 Å². The molecule has 8 nitrogen and oxygen atoms in total. The molecule has 1 amide bonds. The van der Waals surface area contributed by atoms with Crippen LogP contribution in [-0.4, -0.2) is 65.5 Å². The lowest BCUT2D eigenvalue weighted by molar-refractivity contribution is -0.0344. The molecule has 9 heteroatoms. The molecule has 0 aliphatic carbocycles. The Morgan fingerprint density at radius 2 is 1.89 bits per heavy atom. The largest absolute Gasteiger partial charge is 0.464 e. The summed E-state index contributed by atoms with van der Waals surface area (Å²) in [6.45, 7) is 13.9. The number of amides is 1. The quantitative estimate of drug-likeness (QED) is 0.429. The fourth-order valence-corrected chi connectivity index (χ4v) is 5.08. The van der Waals surface area contributed by atoms with Gasteiger partial charge in [-0.1, -0.05) is 38.3 Å². The van der Waals surface area contributed by atoms with Gasteiger partial charge in [0.1, 0.15) is 11.8 Å². The van der Waals surface area contributed by atoms with E-state index in [4.69, 9.17) is 30.8 Å². The van der Waals surface area contributed by atoms with Crippen LogP contribution in [0.3, 0.4) is 0 Å². The molecule has 2 aromatic rings. The zero-order chi connectivity index (χ0) is 25.9. The molecule has 0 N–H and O–H groups in total. The van der Waals surface area contributed by atoms with Crippen molar-refractivity contribution in [3.05, 3.63) is 17.2 Å². The fourth-order valence-electron chi connectivity index (χ4n) is 4.81. The molecule has 1 aromatic carbocycles. The van der Waals surface area contributed by atoms with Crippen LogP contribution in [0.15, 0.2) is 12.1 Å². The topological polar surface area (TPSA) is 69.1 Å². The summed E-state index contributed by atoms with van der Waals surface area (Å²) in [7, 11) is 0. The molecule has 0 saturated carbocycles. The number of ether oxygens (including phenoxy) is 3. The molecule has 4 rings (SSSR count). The van der Waals surface area contributed by atoms with Crippen LogP contribution in [0, 0.1) is 5.92 Å². The minimum absolute atomic E-state index is 0.0986. The molecule has 0 spiro atoms. The van der Waals surface area contributed by atoms with Gasteiger partial charge in [0.05, 0.1) is 28.4 Å². The van der Waals surface area contributed by atoms with Crippen LogP contribution in [0.25, 0.3) is 11.0 Å². The van der Waals surface area contributed by atoms with Gasteiger partial charge in [0.15, 0.2) is 0 Å². The standard InChI is InChI=1S/C27H41ClN4O4/c1-6-19(7-2)18-35-25-29-21-16-20(28)22(17-23(21)32(25)24-10-8-9-15-34-24)30-11-13-31(14-12-30)26(33)36-27(3,4)5/h16-17,19,24H,6-15,18H2,1-5H3. The molecule has 0 bridgehead atoms. The van der Waals surface area contributed by atoms with E-state index in [0.717, 1.165) is 55.4 Å². The van der Waals surface area contributed by atoms with E-state index in [1.165, 1.54) is 0 Å². The highest BCUT2D eigenvalue weighted by Gasteiger charge is 2.29. The molecule has 2 saturated heterocycles. The van der Waals surface area contributed by atoms with Crippen LogP contribution >= 0.6 is 11.6 Å². The first kappa shape index (κ1) is 26.9. The van der Waals surface area contributed by atoms with Crippen molar-refractivity contribution in [3.63, 3.8) is 0 Å². The number of anilines is 1. The van der Waals surface area contributed by atoms with E-state index in [-0.39, 0.29) is 12.3 Å². The summed E-state index contributed by atoms with van der Waals surface area (Å²) in [6, 6.07) is 4.64. The Morgan fingerprint density at radius 1 is 1.17 bits per heavy atom. The van der Waals surface area contributed by atoms with E-state index in [9.17, 15) is 4.79 Å². The maximum Gasteiger partial charge on any atom is 0.410 e. The third kappa shape index (κ3) is 6.20. The molecule has 1 aromatic heterocycles. The lowest BCUT2D eigenvalue weighted by Gasteiger charge is -2.37. The van der Waals surface area contributed by atoms with Crippen LogP contribution < -0.4 is 9.64 Å². The number of rotatable bonds is 7. The molecule has 2 aliphatic rings. The van der Waals surface area contributed by atoms with Crippen molar-refractivity contribution in [2.24, 2.45) is 5.92 Å². The Labute approximate surface area is 219 Å². The number of hydrogen-bond donors (Lipinski definition) is 0. The molecule has 200 valence electrons. The molecular weight excluding hydrogens is 480 g/mol. The molecule has 1 unspecified atom stereocenters. The first-order valence-electron chi connectivity index (χ1n) is 13.4. The Morgan fingerprint density at radius 3 is 2.50 bits per heavy atom. The summed E-state index contributed by atoms with van der Waals surface area (Å²) in [5.74, 6) is 0.492. The maximum absolute atomic E-state index is 12.5. The average molecular weight is 521 g/mol. The number of imidazole rings is 1. The molecule has 2 aliphatic heterocycles.